The zero-order valence-corrected chi connectivity index (χ0v) is 9.14. The van der Waals surface area contributed by atoms with Crippen molar-refractivity contribution < 1.29 is 21.6 Å². The monoisotopic (exact) mass is 257 g/mol. The van der Waals surface area contributed by atoms with Crippen molar-refractivity contribution >= 4 is 10.0 Å². The maximum absolute atomic E-state index is 11.9. The number of hydrogen-bond donors (Lipinski definition) is 1. The van der Waals surface area contributed by atoms with Crippen molar-refractivity contribution in [3.8, 4) is 0 Å². The molecule has 0 atom stereocenters. The summed E-state index contributed by atoms with van der Waals surface area (Å²) in [6.45, 7) is -0.614. The summed E-state index contributed by atoms with van der Waals surface area (Å²) in [6.07, 6.45) is -3.40. The van der Waals surface area contributed by atoms with E-state index in [1.807, 2.05) is 0 Å². The lowest BCUT2D eigenvalue weighted by atomic mass is 10.4. The molecule has 0 aliphatic carbocycles. The molecule has 0 saturated heterocycles. The van der Waals surface area contributed by atoms with Gasteiger partial charge in [-0.1, -0.05) is 0 Å². The lowest BCUT2D eigenvalue weighted by Crippen LogP contribution is -2.30. The molecule has 1 N–H and O–H groups in total. The normalized spacial score (nSPS) is 13.3. The third kappa shape index (κ3) is 3.20. The minimum atomic E-state index is -4.37. The van der Waals surface area contributed by atoms with Gasteiger partial charge in [-0.2, -0.15) is 18.3 Å². The van der Waals surface area contributed by atoms with Gasteiger partial charge in [0.1, 0.15) is 4.90 Å². The van der Waals surface area contributed by atoms with E-state index < -0.39 is 29.2 Å². The van der Waals surface area contributed by atoms with E-state index in [9.17, 15) is 21.6 Å². The molecule has 0 saturated carbocycles. The number of rotatable bonds is 4. The molecular weight excluding hydrogens is 247 g/mol. The Hall–Kier alpha value is -1.09. The summed E-state index contributed by atoms with van der Waals surface area (Å²) < 4.78 is 59.6. The molecule has 0 amide bonds. The molecule has 1 rings (SSSR count). The fourth-order valence-electron chi connectivity index (χ4n) is 0.964. The van der Waals surface area contributed by atoms with Crippen LogP contribution in [0.25, 0.3) is 0 Å². The molecule has 0 aliphatic heterocycles. The Balaban J connectivity index is 2.71. The molecule has 1 aromatic rings. The Morgan fingerprint density at radius 2 is 2.12 bits per heavy atom. The first kappa shape index (κ1) is 13.0. The number of aromatic nitrogens is 2. The summed E-state index contributed by atoms with van der Waals surface area (Å²) in [5, 5.41) is 5.71. The average molecular weight is 257 g/mol. The number of H-pyrrole nitrogens is 1. The lowest BCUT2D eigenvalue weighted by molar-refractivity contribution is -0.135. The molecular formula is C7H10F3N3O2S. The number of nitrogens with zero attached hydrogens (tertiary/aromatic N) is 2. The van der Waals surface area contributed by atoms with Gasteiger partial charge in [0, 0.05) is 19.8 Å². The maximum atomic E-state index is 11.9. The summed E-state index contributed by atoms with van der Waals surface area (Å²) >= 11 is 0. The first-order valence-corrected chi connectivity index (χ1v) is 5.69. The molecule has 1 heterocycles. The Morgan fingerprint density at radius 3 is 2.56 bits per heavy atom. The van der Waals surface area contributed by atoms with Gasteiger partial charge >= 0.3 is 6.18 Å². The van der Waals surface area contributed by atoms with Gasteiger partial charge < -0.3 is 0 Å². The third-order valence-corrected chi connectivity index (χ3v) is 3.71. The lowest BCUT2D eigenvalue weighted by Gasteiger charge is -2.16. The minimum absolute atomic E-state index is 0.155. The van der Waals surface area contributed by atoms with E-state index in [2.05, 4.69) is 10.2 Å². The zero-order chi connectivity index (χ0) is 12.4. The number of hydrogen-bond acceptors (Lipinski definition) is 3. The predicted molar refractivity (Wildman–Crippen MR) is 49.1 cm³/mol. The highest BCUT2D eigenvalue weighted by Gasteiger charge is 2.30. The quantitative estimate of drug-likeness (QED) is 0.874. The molecule has 16 heavy (non-hydrogen) atoms. The van der Waals surface area contributed by atoms with Crippen molar-refractivity contribution in [2.75, 3.05) is 13.6 Å². The van der Waals surface area contributed by atoms with Gasteiger partial charge in [-0.05, 0) is 0 Å². The fraction of sp³-hybridized carbons (Fsp3) is 0.571. The molecule has 0 radical (unpaired) electrons. The summed E-state index contributed by atoms with van der Waals surface area (Å²) in [5.41, 5.74) is 0. The van der Waals surface area contributed by atoms with E-state index in [4.69, 9.17) is 0 Å². The molecule has 1 aromatic heterocycles. The molecule has 9 heteroatoms. The number of sulfonamides is 1. The SMILES string of the molecule is CN(CCC(F)(F)F)S(=O)(=O)c1cn[nH]c1. The van der Waals surface area contributed by atoms with Crippen molar-refractivity contribution in [1.29, 1.82) is 0 Å². The second-order valence-electron chi connectivity index (χ2n) is 3.13. The topological polar surface area (TPSA) is 66.1 Å². The van der Waals surface area contributed by atoms with Gasteiger partial charge in [-0.25, -0.2) is 12.7 Å². The smallest absolute Gasteiger partial charge is 0.284 e. The minimum Gasteiger partial charge on any atom is -0.284 e. The third-order valence-electron chi connectivity index (χ3n) is 1.89. The second-order valence-corrected chi connectivity index (χ2v) is 5.17. The Bertz CT molecular complexity index is 426. The number of halogens is 3. The second kappa shape index (κ2) is 4.42. The van der Waals surface area contributed by atoms with Gasteiger partial charge in [0.25, 0.3) is 0 Å². The standard InChI is InChI=1S/C7H10F3N3O2S/c1-13(3-2-7(8,9)10)16(14,15)6-4-11-12-5-6/h4-5H,2-3H2,1H3,(H,11,12). The number of aromatic amines is 1. The Labute approximate surface area is 90.3 Å². The maximum Gasteiger partial charge on any atom is 0.390 e. The van der Waals surface area contributed by atoms with E-state index in [1.165, 1.54) is 0 Å². The van der Waals surface area contributed by atoms with Crippen LogP contribution in [0.5, 0.6) is 0 Å². The first-order chi connectivity index (χ1) is 7.23. The van der Waals surface area contributed by atoms with E-state index >= 15 is 0 Å². The van der Waals surface area contributed by atoms with Gasteiger partial charge in [0.05, 0.1) is 12.6 Å². The first-order valence-electron chi connectivity index (χ1n) is 4.25. The predicted octanol–water partition coefficient (Wildman–Crippen LogP) is 0.983. The molecule has 0 unspecified atom stereocenters. The van der Waals surface area contributed by atoms with Crippen LogP contribution in [-0.4, -0.2) is 42.7 Å². The molecule has 0 fully saturated rings. The molecule has 92 valence electrons. The van der Waals surface area contributed by atoms with Crippen LogP contribution in [0.2, 0.25) is 0 Å². The van der Waals surface area contributed by atoms with Crippen LogP contribution in [-0.2, 0) is 10.0 Å². The van der Waals surface area contributed by atoms with Crippen LogP contribution in [0.4, 0.5) is 13.2 Å². The summed E-state index contributed by atoms with van der Waals surface area (Å²) in [4.78, 5) is -0.155. The van der Waals surface area contributed by atoms with Crippen LogP contribution in [0.1, 0.15) is 6.42 Å². The van der Waals surface area contributed by atoms with Crippen LogP contribution in [0.15, 0.2) is 17.3 Å². The van der Waals surface area contributed by atoms with Crippen molar-refractivity contribution in [2.45, 2.75) is 17.5 Å². The van der Waals surface area contributed by atoms with Crippen molar-refractivity contribution in [1.82, 2.24) is 14.5 Å². The molecule has 0 aliphatic rings. The number of alkyl halides is 3. The van der Waals surface area contributed by atoms with Crippen molar-refractivity contribution in [3.05, 3.63) is 12.4 Å². The van der Waals surface area contributed by atoms with Crippen LogP contribution in [0, 0.1) is 0 Å². The summed E-state index contributed by atoms with van der Waals surface area (Å²) in [5.74, 6) is 0. The Morgan fingerprint density at radius 1 is 1.50 bits per heavy atom. The Kier molecular flexibility index (Phi) is 3.58. The van der Waals surface area contributed by atoms with E-state index in [0.29, 0.717) is 4.31 Å². The summed E-state index contributed by atoms with van der Waals surface area (Å²) in [7, 11) is -2.79. The van der Waals surface area contributed by atoms with Gasteiger partial charge in [-0.3, -0.25) is 5.10 Å². The van der Waals surface area contributed by atoms with E-state index in [0.717, 1.165) is 19.4 Å². The average Bonchev–Trinajstić information content (AvgIpc) is 2.65. The van der Waals surface area contributed by atoms with Crippen molar-refractivity contribution in [2.24, 2.45) is 0 Å². The highest BCUT2D eigenvalue weighted by Crippen LogP contribution is 2.21. The highest BCUT2D eigenvalue weighted by atomic mass is 32.2. The summed E-state index contributed by atoms with van der Waals surface area (Å²) in [6, 6.07) is 0. The van der Waals surface area contributed by atoms with Gasteiger partial charge in [-0.15, -0.1) is 0 Å². The van der Waals surface area contributed by atoms with E-state index in [-0.39, 0.29) is 4.90 Å². The fourth-order valence-corrected chi connectivity index (χ4v) is 2.04. The molecule has 5 nitrogen and oxygen atoms in total. The van der Waals surface area contributed by atoms with Crippen molar-refractivity contribution in [3.63, 3.8) is 0 Å². The van der Waals surface area contributed by atoms with Crippen LogP contribution < -0.4 is 0 Å². The van der Waals surface area contributed by atoms with Crippen LogP contribution in [0.3, 0.4) is 0 Å². The highest BCUT2D eigenvalue weighted by molar-refractivity contribution is 7.89. The zero-order valence-electron chi connectivity index (χ0n) is 8.32. The van der Waals surface area contributed by atoms with Gasteiger partial charge in [0.15, 0.2) is 0 Å². The molecule has 0 bridgehead atoms. The molecule has 0 aromatic carbocycles. The molecule has 0 spiro atoms. The largest absolute Gasteiger partial charge is 0.390 e. The van der Waals surface area contributed by atoms with Gasteiger partial charge in [0.2, 0.25) is 10.0 Å². The van der Waals surface area contributed by atoms with Crippen LogP contribution >= 0.6 is 0 Å². The van der Waals surface area contributed by atoms with E-state index in [1.54, 1.807) is 0 Å². The number of nitrogens with one attached hydrogen (secondary N) is 1.